The van der Waals surface area contributed by atoms with Gasteiger partial charge in [-0.25, -0.2) is 9.59 Å². The van der Waals surface area contributed by atoms with Gasteiger partial charge in [0, 0.05) is 18.8 Å². The number of hydrogen-bond donors (Lipinski definition) is 1. The largest absolute Gasteiger partial charge is 0.513 e. The molecule has 0 aromatic heterocycles. The summed E-state index contributed by atoms with van der Waals surface area (Å²) in [4.78, 5) is 37.1. The number of likely N-dealkylation sites (tertiary alicyclic amines) is 1. The second kappa shape index (κ2) is 9.65. The molecule has 0 saturated carbocycles. The molecule has 8 nitrogen and oxygen atoms in total. The van der Waals surface area contributed by atoms with Gasteiger partial charge >= 0.3 is 18.2 Å². The molecular weight excluding hydrogens is 340 g/mol. The third kappa shape index (κ3) is 5.65. The van der Waals surface area contributed by atoms with Crippen molar-refractivity contribution in [3.63, 3.8) is 0 Å². The number of rotatable bonds is 5. The summed E-state index contributed by atoms with van der Waals surface area (Å²) in [6.45, 7) is 4.95. The molecule has 1 aliphatic heterocycles. The predicted molar refractivity (Wildman–Crippen MR) is 94.0 cm³/mol. The molecule has 1 N–H and O–H groups in total. The number of hydrogen-bond acceptors (Lipinski definition) is 6. The third-order valence-corrected chi connectivity index (χ3v) is 3.90. The molecule has 0 bridgehead atoms. The quantitative estimate of drug-likeness (QED) is 0.637. The number of nitrogens with zero attached hydrogens (tertiary/aromatic N) is 1. The van der Waals surface area contributed by atoms with Crippen LogP contribution >= 0.6 is 0 Å². The number of urea groups is 1. The van der Waals surface area contributed by atoms with E-state index in [2.05, 4.69) is 5.32 Å². The number of carbonyl (C=O) groups is 3. The molecule has 1 aromatic rings. The van der Waals surface area contributed by atoms with Gasteiger partial charge in [-0.15, -0.1) is 0 Å². The average molecular weight is 364 g/mol. The van der Waals surface area contributed by atoms with Crippen LogP contribution in [0.25, 0.3) is 0 Å². The minimum atomic E-state index is -0.775. The van der Waals surface area contributed by atoms with Crippen LogP contribution in [0, 0.1) is 5.92 Å². The van der Waals surface area contributed by atoms with E-state index in [9.17, 15) is 14.4 Å². The monoisotopic (exact) mass is 364 g/mol. The predicted octanol–water partition coefficient (Wildman–Crippen LogP) is 3.03. The lowest BCUT2D eigenvalue weighted by molar-refractivity contribution is -0.149. The van der Waals surface area contributed by atoms with E-state index < -0.39 is 6.16 Å². The minimum Gasteiger partial charge on any atom is -0.466 e. The molecule has 0 spiro atoms. The van der Waals surface area contributed by atoms with Crippen molar-refractivity contribution >= 4 is 23.8 Å². The fourth-order valence-corrected chi connectivity index (χ4v) is 2.67. The number of nitrogens with one attached hydrogen (secondary N) is 1. The molecule has 1 heterocycles. The van der Waals surface area contributed by atoms with Crippen LogP contribution in [0.2, 0.25) is 0 Å². The Morgan fingerprint density at radius 2 is 1.81 bits per heavy atom. The van der Waals surface area contributed by atoms with E-state index >= 15 is 0 Å². The fourth-order valence-electron chi connectivity index (χ4n) is 2.67. The van der Waals surface area contributed by atoms with Gasteiger partial charge in [-0.1, -0.05) is 0 Å². The van der Waals surface area contributed by atoms with Gasteiger partial charge in [-0.2, -0.15) is 0 Å². The standard InChI is InChI=1S/C18H24N2O6/c1-3-24-16(21)13-6-5-11-20(12-13)17(22)19-14-7-9-15(10-8-14)26-18(23)25-4-2/h7-10,13H,3-6,11-12H2,1-2H3,(H,19,22). The Morgan fingerprint density at radius 3 is 2.46 bits per heavy atom. The van der Waals surface area contributed by atoms with Gasteiger partial charge in [0.05, 0.1) is 19.1 Å². The fraction of sp³-hybridized carbons (Fsp3) is 0.500. The van der Waals surface area contributed by atoms with E-state index in [-0.39, 0.29) is 24.5 Å². The summed E-state index contributed by atoms with van der Waals surface area (Å²) >= 11 is 0. The van der Waals surface area contributed by atoms with Crippen molar-refractivity contribution < 1.29 is 28.6 Å². The molecule has 2 amide bonds. The van der Waals surface area contributed by atoms with E-state index in [4.69, 9.17) is 14.2 Å². The van der Waals surface area contributed by atoms with Crippen LogP contribution in [0.4, 0.5) is 15.3 Å². The molecule has 1 fully saturated rings. The van der Waals surface area contributed by atoms with E-state index in [1.54, 1.807) is 43.0 Å². The van der Waals surface area contributed by atoms with E-state index in [1.165, 1.54) is 0 Å². The molecule has 1 aromatic carbocycles. The van der Waals surface area contributed by atoms with Crippen LogP contribution in [0.15, 0.2) is 24.3 Å². The molecule has 1 saturated heterocycles. The minimum absolute atomic E-state index is 0.232. The molecule has 8 heteroatoms. The Bertz CT molecular complexity index is 631. The molecule has 1 unspecified atom stereocenters. The second-order valence-corrected chi connectivity index (χ2v) is 5.78. The lowest BCUT2D eigenvalue weighted by Crippen LogP contribution is -2.44. The van der Waals surface area contributed by atoms with Crippen LogP contribution in [0.3, 0.4) is 0 Å². The Hall–Kier alpha value is -2.77. The molecule has 26 heavy (non-hydrogen) atoms. The van der Waals surface area contributed by atoms with Gasteiger partial charge in [0.2, 0.25) is 0 Å². The summed E-state index contributed by atoms with van der Waals surface area (Å²) in [5.41, 5.74) is 0.560. The topological polar surface area (TPSA) is 94.2 Å². The van der Waals surface area contributed by atoms with Crippen molar-refractivity contribution in [2.45, 2.75) is 26.7 Å². The average Bonchev–Trinajstić information content (AvgIpc) is 2.64. The number of piperidine rings is 1. The lowest BCUT2D eigenvalue weighted by atomic mass is 9.98. The maximum Gasteiger partial charge on any atom is 0.513 e. The Morgan fingerprint density at radius 1 is 1.12 bits per heavy atom. The summed E-state index contributed by atoms with van der Waals surface area (Å²) in [5, 5.41) is 2.77. The summed E-state index contributed by atoms with van der Waals surface area (Å²) < 4.78 is 14.7. The second-order valence-electron chi connectivity index (χ2n) is 5.78. The van der Waals surface area contributed by atoms with Crippen LogP contribution < -0.4 is 10.1 Å². The lowest BCUT2D eigenvalue weighted by Gasteiger charge is -2.31. The van der Waals surface area contributed by atoms with Crippen molar-refractivity contribution in [2.75, 3.05) is 31.6 Å². The zero-order valence-corrected chi connectivity index (χ0v) is 15.0. The highest BCUT2D eigenvalue weighted by atomic mass is 16.7. The summed E-state index contributed by atoms with van der Waals surface area (Å²) in [7, 11) is 0. The first-order valence-corrected chi connectivity index (χ1v) is 8.70. The van der Waals surface area contributed by atoms with Gasteiger partial charge < -0.3 is 24.4 Å². The summed E-state index contributed by atoms with van der Waals surface area (Å²) in [6.07, 6.45) is 0.703. The van der Waals surface area contributed by atoms with E-state index in [1.807, 2.05) is 0 Å². The van der Waals surface area contributed by atoms with Crippen molar-refractivity contribution in [2.24, 2.45) is 5.92 Å². The molecular formula is C18H24N2O6. The number of amides is 2. The SMILES string of the molecule is CCOC(=O)Oc1ccc(NC(=O)N2CCCC(C(=O)OCC)C2)cc1. The van der Waals surface area contributed by atoms with Crippen LogP contribution in [-0.2, 0) is 14.3 Å². The molecule has 0 aliphatic carbocycles. The van der Waals surface area contributed by atoms with Gasteiger partial charge in [-0.3, -0.25) is 4.79 Å². The number of ether oxygens (including phenoxy) is 3. The molecule has 1 aliphatic rings. The zero-order valence-electron chi connectivity index (χ0n) is 15.0. The van der Waals surface area contributed by atoms with Crippen molar-refractivity contribution in [3.8, 4) is 5.75 Å². The third-order valence-electron chi connectivity index (χ3n) is 3.90. The van der Waals surface area contributed by atoms with E-state index in [0.29, 0.717) is 31.1 Å². The number of carbonyl (C=O) groups excluding carboxylic acids is 3. The Labute approximate surface area is 152 Å². The van der Waals surface area contributed by atoms with Gasteiger partial charge in [-0.05, 0) is 51.0 Å². The normalized spacial score (nSPS) is 16.5. The number of esters is 1. The molecule has 2 rings (SSSR count). The van der Waals surface area contributed by atoms with Crippen LogP contribution in [-0.4, -0.2) is 49.4 Å². The Balaban J connectivity index is 1.88. The van der Waals surface area contributed by atoms with Crippen molar-refractivity contribution in [1.82, 2.24) is 4.90 Å². The highest BCUT2D eigenvalue weighted by Crippen LogP contribution is 2.20. The molecule has 142 valence electrons. The van der Waals surface area contributed by atoms with Crippen molar-refractivity contribution in [3.05, 3.63) is 24.3 Å². The maximum atomic E-state index is 12.4. The van der Waals surface area contributed by atoms with E-state index in [0.717, 1.165) is 12.8 Å². The van der Waals surface area contributed by atoms with Crippen molar-refractivity contribution in [1.29, 1.82) is 0 Å². The first-order valence-electron chi connectivity index (χ1n) is 8.70. The zero-order chi connectivity index (χ0) is 18.9. The first kappa shape index (κ1) is 19.6. The van der Waals surface area contributed by atoms with Crippen LogP contribution in [0.1, 0.15) is 26.7 Å². The van der Waals surface area contributed by atoms with Crippen LogP contribution in [0.5, 0.6) is 5.75 Å². The maximum absolute atomic E-state index is 12.4. The highest BCUT2D eigenvalue weighted by Gasteiger charge is 2.29. The number of anilines is 1. The summed E-state index contributed by atoms with van der Waals surface area (Å²) in [6, 6.07) is 6.09. The Kier molecular flexibility index (Phi) is 7.25. The molecule has 1 atom stereocenters. The molecule has 0 radical (unpaired) electrons. The van der Waals surface area contributed by atoms with Gasteiger partial charge in [0.15, 0.2) is 0 Å². The number of benzene rings is 1. The first-order chi connectivity index (χ1) is 12.5. The summed E-state index contributed by atoms with van der Waals surface area (Å²) in [5.74, 6) is -0.220. The smallest absolute Gasteiger partial charge is 0.466 e. The highest BCUT2D eigenvalue weighted by molar-refractivity contribution is 5.90. The van der Waals surface area contributed by atoms with Gasteiger partial charge in [0.25, 0.3) is 0 Å². The van der Waals surface area contributed by atoms with Gasteiger partial charge in [0.1, 0.15) is 5.75 Å².